The summed E-state index contributed by atoms with van der Waals surface area (Å²) in [6.07, 6.45) is 1.43. The number of hydrogen-bond donors (Lipinski definition) is 2. The molecule has 2 aromatic carbocycles. The van der Waals surface area contributed by atoms with E-state index in [-0.39, 0.29) is 5.91 Å². The Bertz CT molecular complexity index is 1220. The van der Waals surface area contributed by atoms with Gasteiger partial charge in [-0.2, -0.15) is 10.1 Å². The molecule has 3 aromatic rings. The highest BCUT2D eigenvalue weighted by Gasteiger charge is 2.36. The molecule has 0 bridgehead atoms. The van der Waals surface area contributed by atoms with Gasteiger partial charge in [-0.15, -0.1) is 0 Å². The number of nitrogens with one attached hydrogen (secondary N) is 2. The van der Waals surface area contributed by atoms with E-state index in [4.69, 9.17) is 18.9 Å². The van der Waals surface area contributed by atoms with Crippen LogP contribution in [0.2, 0.25) is 0 Å². The van der Waals surface area contributed by atoms with E-state index < -0.39 is 6.04 Å². The summed E-state index contributed by atoms with van der Waals surface area (Å²) in [5.74, 6) is 2.08. The maximum Gasteiger partial charge on any atom is 0.255 e. The van der Waals surface area contributed by atoms with Crippen molar-refractivity contribution < 1.29 is 23.7 Å². The maximum absolute atomic E-state index is 13.6. The molecule has 1 aliphatic rings. The molecule has 1 amide bonds. The van der Waals surface area contributed by atoms with E-state index in [0.29, 0.717) is 51.5 Å². The van der Waals surface area contributed by atoms with Crippen molar-refractivity contribution in [1.29, 1.82) is 0 Å². The van der Waals surface area contributed by atoms with Crippen molar-refractivity contribution >= 4 is 17.5 Å². The molecule has 0 fully saturated rings. The Morgan fingerprint density at radius 3 is 2.39 bits per heavy atom. The summed E-state index contributed by atoms with van der Waals surface area (Å²) in [4.78, 5) is 17.9. The molecule has 10 heteroatoms. The minimum absolute atomic E-state index is 0.326. The van der Waals surface area contributed by atoms with Crippen molar-refractivity contribution in [3.05, 3.63) is 59.6 Å². The summed E-state index contributed by atoms with van der Waals surface area (Å²) in [5, 5.41) is 10.5. The van der Waals surface area contributed by atoms with E-state index in [1.54, 1.807) is 37.1 Å². The van der Waals surface area contributed by atoms with E-state index >= 15 is 0 Å². The lowest BCUT2D eigenvalue weighted by Gasteiger charge is -2.30. The number of methoxy groups -OCH3 is 4. The molecule has 4 rings (SSSR count). The van der Waals surface area contributed by atoms with E-state index in [2.05, 4.69) is 20.7 Å². The third-order valence-corrected chi connectivity index (χ3v) is 5.42. The molecule has 10 nitrogen and oxygen atoms in total. The Morgan fingerprint density at radius 1 is 0.970 bits per heavy atom. The largest absolute Gasteiger partial charge is 0.495 e. The molecule has 0 spiro atoms. The Balaban J connectivity index is 1.86. The van der Waals surface area contributed by atoms with Crippen LogP contribution in [0.1, 0.15) is 18.5 Å². The first-order chi connectivity index (χ1) is 16.0. The van der Waals surface area contributed by atoms with Crippen LogP contribution in [0.25, 0.3) is 0 Å². The number of carbonyl (C=O) groups excluding carboxylic acids is 1. The SMILES string of the molecule is COc1ccccc1NC(=O)C1=C(C)Nc2ncnn2C1c1ccc(OC)c(OC)c1OC. The van der Waals surface area contributed by atoms with Gasteiger partial charge in [0, 0.05) is 11.3 Å². The molecule has 1 unspecified atom stereocenters. The van der Waals surface area contributed by atoms with Crippen molar-refractivity contribution in [1.82, 2.24) is 14.8 Å². The minimum atomic E-state index is -0.645. The monoisotopic (exact) mass is 451 g/mol. The van der Waals surface area contributed by atoms with Gasteiger partial charge < -0.3 is 29.6 Å². The van der Waals surface area contributed by atoms with Crippen LogP contribution in [-0.2, 0) is 4.79 Å². The lowest BCUT2D eigenvalue weighted by atomic mass is 9.93. The highest BCUT2D eigenvalue weighted by atomic mass is 16.5. The van der Waals surface area contributed by atoms with Crippen molar-refractivity contribution in [3.8, 4) is 23.0 Å². The average molecular weight is 451 g/mol. The fraction of sp³-hybridized carbons (Fsp3) is 0.261. The Labute approximate surface area is 191 Å². The first-order valence-electron chi connectivity index (χ1n) is 10.1. The number of fused-ring (bicyclic) bond motifs is 1. The summed E-state index contributed by atoms with van der Waals surface area (Å²) in [5.41, 5.74) is 2.27. The van der Waals surface area contributed by atoms with Gasteiger partial charge in [0.15, 0.2) is 11.5 Å². The summed E-state index contributed by atoms with van der Waals surface area (Å²) < 4.78 is 23.7. The number of amides is 1. The lowest BCUT2D eigenvalue weighted by molar-refractivity contribution is -0.113. The fourth-order valence-corrected chi connectivity index (χ4v) is 3.95. The first kappa shape index (κ1) is 22.0. The quantitative estimate of drug-likeness (QED) is 0.564. The van der Waals surface area contributed by atoms with Crippen LogP contribution in [0.4, 0.5) is 11.6 Å². The zero-order valence-corrected chi connectivity index (χ0v) is 19.0. The molecule has 1 aromatic heterocycles. The van der Waals surface area contributed by atoms with Crippen LogP contribution in [0.15, 0.2) is 54.0 Å². The molecule has 0 saturated heterocycles. The number of benzene rings is 2. The molecule has 1 atom stereocenters. The van der Waals surface area contributed by atoms with Gasteiger partial charge in [-0.3, -0.25) is 4.79 Å². The lowest BCUT2D eigenvalue weighted by Crippen LogP contribution is -2.32. The van der Waals surface area contributed by atoms with Crippen LogP contribution >= 0.6 is 0 Å². The number of anilines is 2. The first-order valence-corrected chi connectivity index (χ1v) is 10.1. The Morgan fingerprint density at radius 2 is 1.70 bits per heavy atom. The second kappa shape index (κ2) is 9.11. The van der Waals surface area contributed by atoms with Crippen molar-refractivity contribution in [2.75, 3.05) is 39.1 Å². The van der Waals surface area contributed by atoms with Gasteiger partial charge in [-0.1, -0.05) is 12.1 Å². The molecule has 172 valence electrons. The number of ether oxygens (including phenoxy) is 4. The fourth-order valence-electron chi connectivity index (χ4n) is 3.95. The van der Waals surface area contributed by atoms with Gasteiger partial charge in [-0.25, -0.2) is 4.68 Å². The van der Waals surface area contributed by atoms with Crippen molar-refractivity contribution in [3.63, 3.8) is 0 Å². The number of rotatable bonds is 7. The smallest absolute Gasteiger partial charge is 0.255 e. The number of allylic oxidation sites excluding steroid dienone is 1. The second-order valence-corrected chi connectivity index (χ2v) is 7.17. The molecule has 2 heterocycles. The van der Waals surface area contributed by atoms with Gasteiger partial charge in [0.1, 0.15) is 18.1 Å². The number of aromatic nitrogens is 3. The van der Waals surface area contributed by atoms with Gasteiger partial charge in [0.25, 0.3) is 5.91 Å². The number of para-hydroxylation sites is 2. The Kier molecular flexibility index (Phi) is 6.07. The Hall–Kier alpha value is -4.21. The highest BCUT2D eigenvalue weighted by Crippen LogP contribution is 2.46. The maximum atomic E-state index is 13.6. The zero-order valence-electron chi connectivity index (χ0n) is 19.0. The molecule has 0 radical (unpaired) electrons. The number of hydrogen-bond acceptors (Lipinski definition) is 8. The molecule has 1 aliphatic heterocycles. The van der Waals surface area contributed by atoms with Crippen LogP contribution in [0, 0.1) is 0 Å². The standard InChI is InChI=1S/C23H25N5O5/c1-13-18(22(29)27-15-8-6-7-9-16(15)30-2)19(28-23(26-13)24-12-25-28)14-10-11-17(31-3)21(33-5)20(14)32-4/h6-12,19H,1-5H3,(H,27,29)(H,24,25,26). The summed E-state index contributed by atoms with van der Waals surface area (Å²) >= 11 is 0. The average Bonchev–Trinajstić information content (AvgIpc) is 3.30. The summed E-state index contributed by atoms with van der Waals surface area (Å²) in [6, 6.07) is 10.2. The van der Waals surface area contributed by atoms with Crippen LogP contribution in [0.3, 0.4) is 0 Å². The topological polar surface area (TPSA) is 109 Å². The highest BCUT2D eigenvalue weighted by molar-refractivity contribution is 6.06. The van der Waals surface area contributed by atoms with Gasteiger partial charge >= 0.3 is 0 Å². The molecule has 33 heavy (non-hydrogen) atoms. The van der Waals surface area contributed by atoms with Gasteiger partial charge in [0.2, 0.25) is 11.7 Å². The minimum Gasteiger partial charge on any atom is -0.495 e. The second-order valence-electron chi connectivity index (χ2n) is 7.17. The zero-order chi connectivity index (χ0) is 23.5. The van der Waals surface area contributed by atoms with Crippen molar-refractivity contribution in [2.45, 2.75) is 13.0 Å². The third-order valence-electron chi connectivity index (χ3n) is 5.42. The molecule has 2 N–H and O–H groups in total. The molecular weight excluding hydrogens is 426 g/mol. The predicted molar refractivity (Wildman–Crippen MR) is 122 cm³/mol. The number of carbonyl (C=O) groups is 1. The van der Waals surface area contributed by atoms with E-state index in [1.807, 2.05) is 25.1 Å². The van der Waals surface area contributed by atoms with Crippen LogP contribution < -0.4 is 29.6 Å². The van der Waals surface area contributed by atoms with Gasteiger partial charge in [0.05, 0.1) is 39.7 Å². The van der Waals surface area contributed by atoms with Crippen LogP contribution in [0.5, 0.6) is 23.0 Å². The third kappa shape index (κ3) is 3.79. The van der Waals surface area contributed by atoms with E-state index in [9.17, 15) is 4.79 Å². The van der Waals surface area contributed by atoms with E-state index in [0.717, 1.165) is 0 Å². The van der Waals surface area contributed by atoms with Crippen molar-refractivity contribution in [2.24, 2.45) is 0 Å². The van der Waals surface area contributed by atoms with Crippen LogP contribution in [-0.4, -0.2) is 49.1 Å². The summed E-state index contributed by atoms with van der Waals surface area (Å²) in [6.45, 7) is 1.82. The van der Waals surface area contributed by atoms with Gasteiger partial charge in [-0.05, 0) is 31.2 Å². The number of nitrogens with zero attached hydrogens (tertiary/aromatic N) is 3. The molecular formula is C23H25N5O5. The molecule has 0 aliphatic carbocycles. The molecule has 0 saturated carbocycles. The summed E-state index contributed by atoms with van der Waals surface area (Å²) in [7, 11) is 6.17. The predicted octanol–water partition coefficient (Wildman–Crippen LogP) is 3.24. The van der Waals surface area contributed by atoms with E-state index in [1.165, 1.54) is 20.5 Å². The normalized spacial score (nSPS) is 14.8.